The van der Waals surface area contributed by atoms with Gasteiger partial charge in [-0.1, -0.05) is 0 Å². The average Bonchev–Trinajstić information content (AvgIpc) is 1.25. The zero-order chi connectivity index (χ0) is 7.15. The minimum Gasteiger partial charge on any atom is -0.744 e. The van der Waals surface area contributed by atoms with Crippen molar-refractivity contribution in [2.45, 2.75) is 0 Å². The van der Waals surface area contributed by atoms with Crippen LogP contribution < -0.4 is 28.6 Å². The molecule has 0 aromatic carbocycles. The molecule has 10 heteroatoms. The first-order valence-electron chi connectivity index (χ1n) is 1.10. The molecular weight excluding hydrogens is 273 g/mol. The van der Waals surface area contributed by atoms with Crippen LogP contribution in [0.1, 0.15) is 0 Å². The van der Waals surface area contributed by atoms with Gasteiger partial charge in [0.05, 0.1) is 0 Å². The van der Waals surface area contributed by atoms with Crippen LogP contribution in [0.4, 0.5) is 0 Å². The molecule has 0 spiro atoms. The minimum absolute atomic E-state index is 0. The van der Waals surface area contributed by atoms with Gasteiger partial charge in [-0.05, 0) is 0 Å². The molecule has 0 bridgehead atoms. The SMILES string of the molecule is O=P(=O)[O-].O=P(=O)[O-].[Ag+].[Li+]. The molecule has 0 amide bonds. The van der Waals surface area contributed by atoms with Crippen molar-refractivity contribution in [2.75, 3.05) is 0 Å². The predicted molar refractivity (Wildman–Crippen MR) is 16.6 cm³/mol. The Kier molecular flexibility index (Phi) is 37.2. The quantitative estimate of drug-likeness (QED) is 0.327. The summed E-state index contributed by atoms with van der Waals surface area (Å²) in [5.74, 6) is 0. The molecule has 0 saturated carbocycles. The van der Waals surface area contributed by atoms with E-state index < -0.39 is 15.8 Å². The van der Waals surface area contributed by atoms with Crippen LogP contribution in [-0.2, 0) is 40.6 Å². The molecule has 0 aromatic rings. The normalized spacial score (nSPS) is 5.00. The molecular formula is AgLiO6P2. The van der Waals surface area contributed by atoms with E-state index in [1.165, 1.54) is 0 Å². The Hall–Kier alpha value is 1.06. The molecule has 0 fully saturated rings. The van der Waals surface area contributed by atoms with E-state index in [0.29, 0.717) is 0 Å². The van der Waals surface area contributed by atoms with Gasteiger partial charge in [0.25, 0.3) is 0 Å². The summed E-state index contributed by atoms with van der Waals surface area (Å²) in [6.07, 6.45) is 0. The maximum Gasteiger partial charge on any atom is 1.00 e. The first-order chi connectivity index (χ1) is 3.46. The summed E-state index contributed by atoms with van der Waals surface area (Å²) < 4.78 is 33.9. The molecule has 0 heterocycles. The molecule has 0 rings (SSSR count). The number of rotatable bonds is 0. The van der Waals surface area contributed by atoms with E-state index in [0.717, 1.165) is 0 Å². The molecule has 0 atom stereocenters. The van der Waals surface area contributed by atoms with Gasteiger partial charge in [0.1, 0.15) is 0 Å². The van der Waals surface area contributed by atoms with Crippen LogP contribution in [0.15, 0.2) is 0 Å². The van der Waals surface area contributed by atoms with Crippen LogP contribution in [0, 0.1) is 0 Å². The van der Waals surface area contributed by atoms with Gasteiger partial charge >= 0.3 is 41.2 Å². The van der Waals surface area contributed by atoms with Crippen LogP contribution in [0.5, 0.6) is 0 Å². The fraction of sp³-hybridized carbons (Fsp3) is 0. The van der Waals surface area contributed by atoms with E-state index in [-0.39, 0.29) is 41.2 Å². The summed E-state index contributed by atoms with van der Waals surface area (Å²) >= 11 is 0. The van der Waals surface area contributed by atoms with Crippen molar-refractivity contribution in [3.05, 3.63) is 0 Å². The third-order valence-corrected chi connectivity index (χ3v) is 0. The molecule has 10 heavy (non-hydrogen) atoms. The zero-order valence-corrected chi connectivity index (χ0v) is 7.92. The van der Waals surface area contributed by atoms with Crippen molar-refractivity contribution in [1.29, 1.82) is 0 Å². The van der Waals surface area contributed by atoms with E-state index in [1.807, 2.05) is 0 Å². The van der Waals surface area contributed by atoms with Gasteiger partial charge in [0.15, 0.2) is 0 Å². The summed E-state index contributed by atoms with van der Waals surface area (Å²) in [5.41, 5.74) is 0. The Balaban J connectivity index is -0.0000000300. The molecule has 0 aromatic heterocycles. The van der Waals surface area contributed by atoms with Gasteiger partial charge in [0, 0.05) is 0 Å². The van der Waals surface area contributed by atoms with Gasteiger partial charge < -0.3 is 9.79 Å². The smallest absolute Gasteiger partial charge is 0.744 e. The Morgan fingerprint density at radius 3 is 0.800 bits per heavy atom. The molecule has 0 aliphatic rings. The zero-order valence-electron chi connectivity index (χ0n) is 4.65. The summed E-state index contributed by atoms with van der Waals surface area (Å²) in [7, 11) is -6.74. The van der Waals surface area contributed by atoms with Gasteiger partial charge in [-0.15, -0.1) is 0 Å². The monoisotopic (exact) mass is 272 g/mol. The van der Waals surface area contributed by atoms with E-state index in [1.54, 1.807) is 0 Å². The van der Waals surface area contributed by atoms with E-state index in [2.05, 4.69) is 0 Å². The molecule has 0 N–H and O–H groups in total. The minimum atomic E-state index is -3.37. The Morgan fingerprint density at radius 2 is 0.800 bits per heavy atom. The second kappa shape index (κ2) is 16.6. The van der Waals surface area contributed by atoms with Crippen molar-refractivity contribution in [2.24, 2.45) is 0 Å². The Labute approximate surface area is 84.9 Å². The second-order valence-corrected chi connectivity index (χ2v) is 1.34. The third-order valence-electron chi connectivity index (χ3n) is 0. The summed E-state index contributed by atoms with van der Waals surface area (Å²) in [6.45, 7) is 0. The van der Waals surface area contributed by atoms with E-state index >= 15 is 0 Å². The van der Waals surface area contributed by atoms with Crippen molar-refractivity contribution in [1.82, 2.24) is 0 Å². The fourth-order valence-electron chi connectivity index (χ4n) is 0. The number of hydrogen-bond donors (Lipinski definition) is 0. The summed E-state index contributed by atoms with van der Waals surface area (Å²) in [6, 6.07) is 0. The first kappa shape index (κ1) is 22.5. The van der Waals surface area contributed by atoms with Crippen molar-refractivity contribution < 1.29 is 69.3 Å². The van der Waals surface area contributed by atoms with Crippen molar-refractivity contribution >= 4 is 15.8 Å². The molecule has 58 valence electrons. The van der Waals surface area contributed by atoms with Crippen molar-refractivity contribution in [3.63, 3.8) is 0 Å². The maximum atomic E-state index is 8.48. The first-order valence-corrected chi connectivity index (χ1v) is 3.29. The van der Waals surface area contributed by atoms with Crippen LogP contribution in [0.2, 0.25) is 0 Å². The van der Waals surface area contributed by atoms with Crippen LogP contribution >= 0.6 is 15.8 Å². The van der Waals surface area contributed by atoms with Crippen LogP contribution in [0.3, 0.4) is 0 Å². The number of hydrogen-bond acceptors (Lipinski definition) is 6. The van der Waals surface area contributed by atoms with Crippen LogP contribution in [-0.4, -0.2) is 0 Å². The standard InChI is InChI=1S/Ag.Li.2HO3P/c;;2*1-4(2)3/h;;2*(H,1,2,3)/q2*+1;;/p-2. The Morgan fingerprint density at radius 1 is 0.800 bits per heavy atom. The van der Waals surface area contributed by atoms with Gasteiger partial charge in [0.2, 0.25) is 15.8 Å². The van der Waals surface area contributed by atoms with Crippen LogP contribution in [0.25, 0.3) is 0 Å². The largest absolute Gasteiger partial charge is 1.00 e. The van der Waals surface area contributed by atoms with Crippen molar-refractivity contribution in [3.8, 4) is 0 Å². The summed E-state index contributed by atoms with van der Waals surface area (Å²) in [4.78, 5) is 17.0. The Bertz CT molecular complexity index is 133. The second-order valence-electron chi connectivity index (χ2n) is 0.447. The van der Waals surface area contributed by atoms with Gasteiger partial charge in [-0.3, -0.25) is 18.3 Å². The van der Waals surface area contributed by atoms with Gasteiger partial charge in [-0.2, -0.15) is 0 Å². The van der Waals surface area contributed by atoms with E-state index in [9.17, 15) is 0 Å². The third kappa shape index (κ3) is 526. The fourth-order valence-corrected chi connectivity index (χ4v) is 0. The molecule has 0 radical (unpaired) electrons. The molecule has 0 unspecified atom stereocenters. The topological polar surface area (TPSA) is 114 Å². The molecule has 0 aliphatic carbocycles. The molecule has 6 nitrogen and oxygen atoms in total. The summed E-state index contributed by atoms with van der Waals surface area (Å²) in [5, 5.41) is 0. The predicted octanol–water partition coefficient (Wildman–Crippen LogP) is -4.13. The maximum absolute atomic E-state index is 8.48. The average molecular weight is 273 g/mol. The van der Waals surface area contributed by atoms with Gasteiger partial charge in [-0.25, -0.2) is 0 Å². The molecule has 0 aliphatic heterocycles. The molecule has 0 saturated heterocycles. The van der Waals surface area contributed by atoms with E-state index in [4.69, 9.17) is 28.0 Å².